The molecule has 1 heterocycles. The van der Waals surface area contributed by atoms with Gasteiger partial charge in [-0.3, -0.25) is 4.79 Å². The number of aryl methyl sites for hydroxylation is 1. The first-order chi connectivity index (χ1) is 12.1. The number of aromatic nitrogens is 1. The normalized spacial score (nSPS) is 10.4. The first-order valence-corrected chi connectivity index (χ1v) is 9.33. The lowest BCUT2D eigenvalue weighted by molar-refractivity contribution is -0.113. The van der Waals surface area contributed by atoms with Gasteiger partial charge in [-0.1, -0.05) is 35.5 Å². The highest BCUT2D eigenvalue weighted by molar-refractivity contribution is 9.10. The van der Waals surface area contributed by atoms with Gasteiger partial charge in [0.25, 0.3) is 0 Å². The number of fused-ring (bicyclic) bond motifs is 1. The highest BCUT2D eigenvalue weighted by Gasteiger charge is 2.11. The third kappa shape index (κ3) is 4.19. The molecule has 2 aromatic carbocycles. The Bertz CT molecular complexity index is 998. The lowest BCUT2D eigenvalue weighted by Gasteiger charge is -2.08. The van der Waals surface area contributed by atoms with Gasteiger partial charge in [0.15, 0.2) is 0 Å². The minimum atomic E-state index is -0.147. The molecular formula is C19H14BrN3OS. The van der Waals surface area contributed by atoms with E-state index in [9.17, 15) is 10.1 Å². The number of para-hydroxylation sites is 1. The minimum absolute atomic E-state index is 0.147. The third-order valence-corrected chi connectivity index (χ3v) is 5.23. The predicted molar refractivity (Wildman–Crippen MR) is 105 cm³/mol. The Morgan fingerprint density at radius 3 is 2.84 bits per heavy atom. The molecule has 4 nitrogen and oxygen atoms in total. The maximum absolute atomic E-state index is 12.2. The van der Waals surface area contributed by atoms with Crippen molar-refractivity contribution in [2.24, 2.45) is 0 Å². The fraction of sp³-hybridized carbons (Fsp3) is 0.105. The first-order valence-electron chi connectivity index (χ1n) is 7.55. The summed E-state index contributed by atoms with van der Waals surface area (Å²) >= 11 is 4.66. The van der Waals surface area contributed by atoms with E-state index in [4.69, 9.17) is 0 Å². The fourth-order valence-corrected chi connectivity index (χ4v) is 3.50. The van der Waals surface area contributed by atoms with Gasteiger partial charge in [-0.15, -0.1) is 0 Å². The molecule has 0 fully saturated rings. The van der Waals surface area contributed by atoms with E-state index in [2.05, 4.69) is 32.3 Å². The first kappa shape index (κ1) is 17.5. The molecule has 0 saturated heterocycles. The molecule has 0 aliphatic heterocycles. The monoisotopic (exact) mass is 411 g/mol. The number of anilines is 1. The van der Waals surface area contributed by atoms with Crippen LogP contribution in [0.15, 0.2) is 58.0 Å². The summed E-state index contributed by atoms with van der Waals surface area (Å²) in [6.45, 7) is 2.00. The second-order valence-electron chi connectivity index (χ2n) is 5.47. The third-order valence-electron chi connectivity index (χ3n) is 3.54. The maximum Gasteiger partial charge on any atom is 0.234 e. The molecule has 25 heavy (non-hydrogen) atoms. The molecule has 124 valence electrons. The van der Waals surface area contributed by atoms with Crippen LogP contribution < -0.4 is 5.32 Å². The number of nitriles is 1. The molecule has 3 rings (SSSR count). The van der Waals surface area contributed by atoms with Crippen molar-refractivity contribution >= 4 is 50.2 Å². The van der Waals surface area contributed by atoms with E-state index in [1.807, 2.05) is 55.5 Å². The van der Waals surface area contributed by atoms with Crippen LogP contribution in [0.25, 0.3) is 10.9 Å². The van der Waals surface area contributed by atoms with Gasteiger partial charge in [-0.25, -0.2) is 4.98 Å². The molecule has 1 aromatic heterocycles. The highest BCUT2D eigenvalue weighted by atomic mass is 79.9. The summed E-state index contributed by atoms with van der Waals surface area (Å²) < 4.78 is 0.824. The van der Waals surface area contributed by atoms with E-state index in [1.54, 1.807) is 0 Å². The molecule has 3 aromatic rings. The van der Waals surface area contributed by atoms with Gasteiger partial charge >= 0.3 is 0 Å². The van der Waals surface area contributed by atoms with Crippen molar-refractivity contribution in [3.05, 3.63) is 64.1 Å². The molecule has 0 atom stereocenters. The molecule has 0 aliphatic carbocycles. The summed E-state index contributed by atoms with van der Waals surface area (Å²) in [5.74, 6) is 0.0343. The van der Waals surface area contributed by atoms with Crippen LogP contribution in [0.4, 0.5) is 5.69 Å². The zero-order valence-electron chi connectivity index (χ0n) is 13.4. The number of benzene rings is 2. The predicted octanol–water partition coefficient (Wildman–Crippen LogP) is 4.91. The Kier molecular flexibility index (Phi) is 5.37. The van der Waals surface area contributed by atoms with Crippen LogP contribution in [-0.4, -0.2) is 16.6 Å². The largest absolute Gasteiger partial charge is 0.324 e. The molecule has 0 saturated carbocycles. The van der Waals surface area contributed by atoms with Crippen LogP contribution in [0.3, 0.4) is 0 Å². The van der Waals surface area contributed by atoms with Crippen LogP contribution >= 0.6 is 27.7 Å². The topological polar surface area (TPSA) is 65.8 Å². The zero-order chi connectivity index (χ0) is 17.8. The molecule has 0 spiro atoms. The van der Waals surface area contributed by atoms with Gasteiger partial charge in [0.1, 0.15) is 11.1 Å². The van der Waals surface area contributed by atoms with E-state index < -0.39 is 0 Å². The number of nitrogens with zero attached hydrogens (tertiary/aromatic N) is 2. The number of hydrogen-bond donors (Lipinski definition) is 1. The molecular weight excluding hydrogens is 398 g/mol. The zero-order valence-corrected chi connectivity index (χ0v) is 15.8. The van der Waals surface area contributed by atoms with Crippen molar-refractivity contribution in [1.82, 2.24) is 4.98 Å². The van der Waals surface area contributed by atoms with Crippen LogP contribution in [0.5, 0.6) is 0 Å². The Hall–Kier alpha value is -2.36. The van der Waals surface area contributed by atoms with Crippen molar-refractivity contribution in [1.29, 1.82) is 5.26 Å². The molecule has 0 aliphatic rings. The summed E-state index contributed by atoms with van der Waals surface area (Å²) in [4.78, 5) is 16.7. The van der Waals surface area contributed by atoms with Crippen molar-refractivity contribution < 1.29 is 4.79 Å². The number of pyridine rings is 1. The Labute approximate surface area is 158 Å². The summed E-state index contributed by atoms with van der Waals surface area (Å²) in [7, 11) is 0. The SMILES string of the molecule is Cc1ccc2nc(SCC(=O)Nc3ccccc3Br)c(C#N)cc2c1. The molecule has 1 N–H and O–H groups in total. The van der Waals surface area contributed by atoms with Crippen LogP contribution in [0.1, 0.15) is 11.1 Å². The number of carbonyl (C=O) groups is 1. The average Bonchev–Trinajstić information content (AvgIpc) is 2.61. The van der Waals surface area contributed by atoms with E-state index >= 15 is 0 Å². The van der Waals surface area contributed by atoms with Crippen molar-refractivity contribution in [3.63, 3.8) is 0 Å². The molecule has 1 amide bonds. The van der Waals surface area contributed by atoms with E-state index in [0.717, 1.165) is 26.6 Å². The summed E-state index contributed by atoms with van der Waals surface area (Å²) in [5, 5.41) is 13.7. The second-order valence-corrected chi connectivity index (χ2v) is 7.28. The quantitative estimate of drug-likeness (QED) is 0.619. The number of carbonyl (C=O) groups excluding carboxylic acids is 1. The van der Waals surface area contributed by atoms with Gasteiger partial charge in [-0.2, -0.15) is 5.26 Å². The van der Waals surface area contributed by atoms with Gasteiger partial charge in [0.05, 0.1) is 22.5 Å². The molecule has 0 radical (unpaired) electrons. The number of nitrogens with one attached hydrogen (secondary N) is 1. The smallest absolute Gasteiger partial charge is 0.234 e. The highest BCUT2D eigenvalue weighted by Crippen LogP contribution is 2.26. The van der Waals surface area contributed by atoms with Crippen LogP contribution in [-0.2, 0) is 4.79 Å². The average molecular weight is 412 g/mol. The van der Waals surface area contributed by atoms with Crippen LogP contribution in [0, 0.1) is 18.3 Å². The Morgan fingerprint density at radius 2 is 2.08 bits per heavy atom. The molecule has 0 unspecified atom stereocenters. The lowest BCUT2D eigenvalue weighted by atomic mass is 10.1. The number of halogens is 1. The van der Waals surface area contributed by atoms with E-state index in [0.29, 0.717) is 10.6 Å². The van der Waals surface area contributed by atoms with Gasteiger partial charge in [0.2, 0.25) is 5.91 Å². The number of rotatable bonds is 4. The Morgan fingerprint density at radius 1 is 1.28 bits per heavy atom. The Balaban J connectivity index is 1.76. The fourth-order valence-electron chi connectivity index (χ4n) is 2.35. The van der Waals surface area contributed by atoms with Crippen molar-refractivity contribution in [3.8, 4) is 6.07 Å². The summed E-state index contributed by atoms with van der Waals surface area (Å²) in [5.41, 5.74) is 3.14. The van der Waals surface area contributed by atoms with Crippen molar-refractivity contribution in [2.45, 2.75) is 11.9 Å². The molecule has 6 heteroatoms. The van der Waals surface area contributed by atoms with Crippen molar-refractivity contribution in [2.75, 3.05) is 11.1 Å². The standard InChI is InChI=1S/C19H14BrN3OS/c1-12-6-7-16-13(8-12)9-14(10-21)19(23-16)25-11-18(24)22-17-5-3-2-4-15(17)20/h2-9H,11H2,1H3,(H,22,24). The maximum atomic E-state index is 12.2. The molecule has 0 bridgehead atoms. The number of thioether (sulfide) groups is 1. The van der Waals surface area contributed by atoms with Gasteiger partial charge in [0, 0.05) is 9.86 Å². The van der Waals surface area contributed by atoms with E-state index in [1.165, 1.54) is 11.8 Å². The summed E-state index contributed by atoms with van der Waals surface area (Å²) in [6.07, 6.45) is 0. The number of amides is 1. The lowest BCUT2D eigenvalue weighted by Crippen LogP contribution is -2.14. The number of hydrogen-bond acceptors (Lipinski definition) is 4. The van der Waals surface area contributed by atoms with Gasteiger partial charge in [-0.05, 0) is 53.2 Å². The second kappa shape index (κ2) is 7.68. The van der Waals surface area contributed by atoms with E-state index in [-0.39, 0.29) is 11.7 Å². The minimum Gasteiger partial charge on any atom is -0.324 e. The van der Waals surface area contributed by atoms with Crippen LogP contribution in [0.2, 0.25) is 0 Å². The van der Waals surface area contributed by atoms with Gasteiger partial charge < -0.3 is 5.32 Å². The summed E-state index contributed by atoms with van der Waals surface area (Å²) in [6, 6.07) is 17.3.